The van der Waals surface area contributed by atoms with Crippen LogP contribution in [-0.2, 0) is 33.4 Å². The summed E-state index contributed by atoms with van der Waals surface area (Å²) >= 11 is 0. The molecule has 0 bridgehead atoms. The van der Waals surface area contributed by atoms with Crippen LogP contribution in [0, 0.1) is 11.3 Å². The van der Waals surface area contributed by atoms with Crippen LogP contribution in [0.25, 0.3) is 11.1 Å². The van der Waals surface area contributed by atoms with Crippen LogP contribution >= 0.6 is 0 Å². The first-order valence-corrected chi connectivity index (χ1v) is 20.2. The van der Waals surface area contributed by atoms with E-state index in [1.165, 1.54) is 57.8 Å². The first-order valence-electron chi connectivity index (χ1n) is 20.2. The molecular formula is C44H65NO8. The van der Waals surface area contributed by atoms with Gasteiger partial charge >= 0.3 is 17.9 Å². The predicted molar refractivity (Wildman–Crippen MR) is 208 cm³/mol. The maximum Gasteiger partial charge on any atom is 0.307 e. The van der Waals surface area contributed by atoms with E-state index >= 15 is 0 Å². The Bertz CT molecular complexity index is 1380. The third-order valence-electron chi connectivity index (χ3n) is 10.3. The third kappa shape index (κ3) is 15.3. The van der Waals surface area contributed by atoms with Gasteiger partial charge in [-0.1, -0.05) is 140 Å². The number of carbonyl (C=O) groups excluding carboxylic acids is 4. The van der Waals surface area contributed by atoms with Crippen LogP contribution < -0.4 is 5.32 Å². The maximum atomic E-state index is 12.7. The second-order valence-electron chi connectivity index (χ2n) is 15.3. The molecule has 2 aromatic rings. The lowest BCUT2D eigenvalue weighted by Gasteiger charge is -2.29. The summed E-state index contributed by atoms with van der Waals surface area (Å²) in [5, 5.41) is 13.3. The summed E-state index contributed by atoms with van der Waals surface area (Å²) in [6.45, 7) is 8.12. The Morgan fingerprint density at radius 3 is 1.79 bits per heavy atom. The molecule has 0 fully saturated rings. The number of aliphatic hydroxyl groups is 1. The minimum absolute atomic E-state index is 0.00279. The number of nitrogens with one attached hydrogen (secondary N) is 1. The number of rotatable bonds is 27. The van der Waals surface area contributed by atoms with Gasteiger partial charge in [0, 0.05) is 30.7 Å². The number of esters is 3. The lowest BCUT2D eigenvalue weighted by Crippen LogP contribution is -2.46. The highest BCUT2D eigenvalue weighted by Crippen LogP contribution is 2.44. The van der Waals surface area contributed by atoms with Gasteiger partial charge in [-0.05, 0) is 47.4 Å². The van der Waals surface area contributed by atoms with Gasteiger partial charge in [0.2, 0.25) is 5.91 Å². The SMILES string of the molecule is CCCCCCCCC(CCCCCC)COC(=O)CCCC(=O)OCC(C)(C)C(O)C(=O)NCCC(=O)OCC1c2ccccc2-c2ccccc21. The lowest BCUT2D eigenvalue weighted by atomic mass is 9.87. The highest BCUT2D eigenvalue weighted by Gasteiger charge is 2.35. The number of unbranched alkanes of at least 4 members (excludes halogenated alkanes) is 8. The molecule has 0 saturated heterocycles. The maximum absolute atomic E-state index is 12.7. The zero-order chi connectivity index (χ0) is 38.5. The van der Waals surface area contributed by atoms with Crippen LogP contribution in [0.1, 0.15) is 147 Å². The molecule has 0 saturated carbocycles. The Kier molecular flexibility index (Phi) is 19.7. The average Bonchev–Trinajstić information content (AvgIpc) is 3.47. The van der Waals surface area contributed by atoms with E-state index < -0.39 is 29.4 Å². The standard InChI is InChI=1S/C44H65NO8/c1-5-7-9-11-12-14-21-33(20-13-10-8-6-2)30-51-39(46)26-19-27-40(47)53-32-44(3,4)42(49)43(50)45-29-28-41(48)52-31-38-36-24-17-15-22-34(36)35-23-16-18-25-37(35)38/h15-18,22-25,33,38,42,49H,5-14,19-21,26-32H2,1-4H3,(H,45,50). The Hall–Kier alpha value is -3.72. The van der Waals surface area contributed by atoms with Gasteiger partial charge in [0.05, 0.1) is 19.6 Å². The van der Waals surface area contributed by atoms with E-state index in [-0.39, 0.29) is 50.9 Å². The second-order valence-corrected chi connectivity index (χ2v) is 15.3. The fourth-order valence-corrected chi connectivity index (χ4v) is 6.89. The Labute approximate surface area is 317 Å². The number of ether oxygens (including phenoxy) is 3. The lowest BCUT2D eigenvalue weighted by molar-refractivity contribution is -0.154. The molecule has 2 aromatic carbocycles. The van der Waals surface area contributed by atoms with Gasteiger partial charge in [-0.15, -0.1) is 0 Å². The fraction of sp³-hybridized carbons (Fsp3) is 0.636. The van der Waals surface area contributed by atoms with Crippen molar-refractivity contribution in [2.45, 2.75) is 142 Å². The van der Waals surface area contributed by atoms with Gasteiger partial charge in [0.15, 0.2) is 0 Å². The Morgan fingerprint density at radius 2 is 1.19 bits per heavy atom. The molecule has 3 rings (SSSR count). The second kappa shape index (κ2) is 23.8. The molecule has 9 heteroatoms. The molecule has 2 unspecified atom stereocenters. The zero-order valence-electron chi connectivity index (χ0n) is 32.8. The zero-order valence-corrected chi connectivity index (χ0v) is 32.8. The minimum Gasteiger partial charge on any atom is -0.465 e. The van der Waals surface area contributed by atoms with Gasteiger partial charge in [0.1, 0.15) is 12.7 Å². The number of aliphatic hydroxyl groups excluding tert-OH is 1. The number of hydrogen-bond acceptors (Lipinski definition) is 8. The van der Waals surface area contributed by atoms with Gasteiger partial charge in [-0.25, -0.2) is 0 Å². The van der Waals surface area contributed by atoms with Crippen molar-refractivity contribution in [1.29, 1.82) is 0 Å². The number of hydrogen-bond donors (Lipinski definition) is 2. The molecule has 294 valence electrons. The summed E-state index contributed by atoms with van der Waals surface area (Å²) in [6, 6.07) is 16.2. The molecule has 1 aliphatic carbocycles. The molecule has 0 heterocycles. The van der Waals surface area contributed by atoms with Crippen LogP contribution in [0.5, 0.6) is 0 Å². The summed E-state index contributed by atoms with van der Waals surface area (Å²) in [5.41, 5.74) is 3.45. The summed E-state index contributed by atoms with van der Waals surface area (Å²) < 4.78 is 16.6. The normalized spacial score (nSPS) is 13.5. The fourth-order valence-electron chi connectivity index (χ4n) is 6.89. The average molecular weight is 736 g/mol. The summed E-state index contributed by atoms with van der Waals surface area (Å²) in [7, 11) is 0. The van der Waals surface area contributed by atoms with Crippen molar-refractivity contribution in [2.75, 3.05) is 26.4 Å². The number of benzene rings is 2. The van der Waals surface area contributed by atoms with Gasteiger partial charge in [-0.3, -0.25) is 19.2 Å². The monoisotopic (exact) mass is 735 g/mol. The summed E-state index contributed by atoms with van der Waals surface area (Å²) in [4.78, 5) is 50.2. The first kappa shape index (κ1) is 43.7. The van der Waals surface area contributed by atoms with E-state index in [9.17, 15) is 24.3 Å². The molecule has 1 aliphatic rings. The van der Waals surface area contributed by atoms with Crippen molar-refractivity contribution in [1.82, 2.24) is 5.32 Å². The molecule has 0 aliphatic heterocycles. The van der Waals surface area contributed by atoms with E-state index in [1.807, 2.05) is 24.3 Å². The predicted octanol–water partition coefficient (Wildman–Crippen LogP) is 8.83. The van der Waals surface area contributed by atoms with Crippen LogP contribution in [0.15, 0.2) is 48.5 Å². The van der Waals surface area contributed by atoms with Crippen LogP contribution in [0.4, 0.5) is 0 Å². The van der Waals surface area contributed by atoms with E-state index in [0.717, 1.165) is 41.5 Å². The van der Waals surface area contributed by atoms with Crippen molar-refractivity contribution >= 4 is 23.8 Å². The van der Waals surface area contributed by atoms with Gasteiger partial charge in [-0.2, -0.15) is 0 Å². The van der Waals surface area contributed by atoms with Crippen molar-refractivity contribution in [2.24, 2.45) is 11.3 Å². The van der Waals surface area contributed by atoms with E-state index in [1.54, 1.807) is 13.8 Å². The van der Waals surface area contributed by atoms with Gasteiger partial charge < -0.3 is 24.6 Å². The summed E-state index contributed by atoms with van der Waals surface area (Å²) in [6.07, 6.45) is 13.4. The summed E-state index contributed by atoms with van der Waals surface area (Å²) in [5.74, 6) is -1.60. The highest BCUT2D eigenvalue weighted by molar-refractivity contribution is 5.82. The largest absolute Gasteiger partial charge is 0.465 e. The Balaban J connectivity index is 1.30. The van der Waals surface area contributed by atoms with Crippen molar-refractivity contribution in [3.05, 3.63) is 59.7 Å². The molecule has 0 aromatic heterocycles. The van der Waals surface area contributed by atoms with E-state index in [0.29, 0.717) is 18.9 Å². The number of carbonyl (C=O) groups is 4. The molecular weight excluding hydrogens is 670 g/mol. The number of amides is 1. The molecule has 0 spiro atoms. The molecule has 1 amide bonds. The van der Waals surface area contributed by atoms with Crippen molar-refractivity contribution in [3.8, 4) is 11.1 Å². The van der Waals surface area contributed by atoms with Crippen LogP contribution in [-0.4, -0.2) is 61.4 Å². The van der Waals surface area contributed by atoms with E-state index in [2.05, 4.69) is 43.4 Å². The van der Waals surface area contributed by atoms with Crippen LogP contribution in [0.3, 0.4) is 0 Å². The minimum atomic E-state index is -1.47. The topological polar surface area (TPSA) is 128 Å². The quantitative estimate of drug-likeness (QED) is 0.0529. The molecule has 2 N–H and O–H groups in total. The molecule has 9 nitrogen and oxygen atoms in total. The smallest absolute Gasteiger partial charge is 0.307 e. The van der Waals surface area contributed by atoms with Gasteiger partial charge in [0.25, 0.3) is 0 Å². The first-order chi connectivity index (χ1) is 25.6. The van der Waals surface area contributed by atoms with Crippen molar-refractivity contribution in [3.63, 3.8) is 0 Å². The molecule has 0 radical (unpaired) electrons. The third-order valence-corrected chi connectivity index (χ3v) is 10.3. The molecule has 2 atom stereocenters. The van der Waals surface area contributed by atoms with Crippen LogP contribution in [0.2, 0.25) is 0 Å². The Morgan fingerprint density at radius 1 is 0.679 bits per heavy atom. The van der Waals surface area contributed by atoms with E-state index in [4.69, 9.17) is 14.2 Å². The molecule has 53 heavy (non-hydrogen) atoms. The highest BCUT2D eigenvalue weighted by atomic mass is 16.5. The van der Waals surface area contributed by atoms with Crippen molar-refractivity contribution < 1.29 is 38.5 Å². The number of fused-ring (bicyclic) bond motifs is 3.